The quantitative estimate of drug-likeness (QED) is 0.373. The van der Waals surface area contributed by atoms with E-state index in [-0.39, 0.29) is 17.1 Å². The van der Waals surface area contributed by atoms with E-state index < -0.39 is 0 Å². The van der Waals surface area contributed by atoms with Crippen molar-refractivity contribution in [3.05, 3.63) is 112 Å². The fourth-order valence-electron chi connectivity index (χ4n) is 5.26. The third kappa shape index (κ3) is 4.84. The van der Waals surface area contributed by atoms with Crippen LogP contribution in [0.15, 0.2) is 95.7 Å². The molecule has 0 spiro atoms. The smallest absolute Gasteiger partial charge is 0.188 e. The van der Waals surface area contributed by atoms with E-state index in [1.807, 2.05) is 78.9 Å². The molecule has 2 aliphatic rings. The summed E-state index contributed by atoms with van der Waals surface area (Å²) in [6.45, 7) is 4.28. The van der Waals surface area contributed by atoms with Gasteiger partial charge >= 0.3 is 0 Å². The predicted molar refractivity (Wildman–Crippen MR) is 151 cm³/mol. The summed E-state index contributed by atoms with van der Waals surface area (Å²) in [4.78, 5) is 14.3. The molecular weight excluding hydrogens is 474 g/mol. The van der Waals surface area contributed by atoms with Crippen molar-refractivity contribution >= 4 is 17.6 Å². The second-order valence-electron chi connectivity index (χ2n) is 10.3. The average molecular weight is 508 g/mol. The number of carbonyl (C=O) groups excluding carboxylic acids is 1. The zero-order valence-corrected chi connectivity index (χ0v) is 22.5. The number of benzene rings is 3. The minimum Gasteiger partial charge on any atom is -0.497 e. The van der Waals surface area contributed by atoms with Gasteiger partial charge in [0.05, 0.1) is 21.3 Å². The molecule has 0 saturated heterocycles. The summed E-state index contributed by atoms with van der Waals surface area (Å²) in [5.74, 6) is 2.26. The molecule has 5 rings (SSSR count). The summed E-state index contributed by atoms with van der Waals surface area (Å²) < 4.78 is 16.0. The first kappa shape index (κ1) is 25.4. The topological polar surface area (TPSA) is 56.8 Å². The van der Waals surface area contributed by atoms with Crippen LogP contribution < -0.4 is 19.5 Å². The molecule has 1 aliphatic heterocycles. The van der Waals surface area contributed by atoms with Crippen LogP contribution in [0.2, 0.25) is 0 Å². The molecule has 0 aromatic heterocycles. The Labute approximate surface area is 224 Å². The van der Waals surface area contributed by atoms with Crippen molar-refractivity contribution in [2.24, 2.45) is 5.41 Å². The van der Waals surface area contributed by atoms with Gasteiger partial charge in [0.25, 0.3) is 0 Å². The molecule has 1 heterocycles. The molecule has 1 N–H and O–H groups in total. The molecular formula is C33H33NO4. The fourth-order valence-corrected chi connectivity index (χ4v) is 5.26. The van der Waals surface area contributed by atoms with Crippen LogP contribution in [0, 0.1) is 5.41 Å². The lowest BCUT2D eigenvalue weighted by atomic mass is 9.67. The van der Waals surface area contributed by atoms with Crippen molar-refractivity contribution in [2.75, 3.05) is 21.3 Å². The Bertz CT molecular complexity index is 1430. The van der Waals surface area contributed by atoms with Gasteiger partial charge < -0.3 is 19.5 Å². The lowest BCUT2D eigenvalue weighted by Crippen LogP contribution is -2.37. The molecule has 0 bridgehead atoms. The van der Waals surface area contributed by atoms with Crippen molar-refractivity contribution in [1.29, 1.82) is 0 Å². The summed E-state index contributed by atoms with van der Waals surface area (Å²) >= 11 is 0. The molecule has 0 fully saturated rings. The van der Waals surface area contributed by atoms with Crippen molar-refractivity contribution in [2.45, 2.75) is 26.2 Å². The van der Waals surface area contributed by atoms with Crippen LogP contribution in [-0.4, -0.2) is 27.1 Å². The average Bonchev–Trinajstić information content (AvgIpc) is 2.94. The molecule has 194 valence electrons. The Hall–Kier alpha value is -4.25. The Kier molecular flexibility index (Phi) is 6.85. The highest BCUT2D eigenvalue weighted by Crippen LogP contribution is 2.48. The zero-order chi connectivity index (χ0) is 26.9. The van der Waals surface area contributed by atoms with Gasteiger partial charge in [-0.25, -0.2) is 0 Å². The van der Waals surface area contributed by atoms with Crippen LogP contribution in [-0.2, 0) is 4.79 Å². The number of methoxy groups -OCH3 is 3. The molecule has 0 amide bonds. The number of dihydropyridines is 1. The van der Waals surface area contributed by atoms with Gasteiger partial charge in [-0.05, 0) is 89.2 Å². The molecule has 3 aromatic rings. The predicted octanol–water partition coefficient (Wildman–Crippen LogP) is 6.78. The summed E-state index contributed by atoms with van der Waals surface area (Å²) in [6.07, 6.45) is 4.90. The highest BCUT2D eigenvalue weighted by atomic mass is 16.5. The van der Waals surface area contributed by atoms with Crippen molar-refractivity contribution in [3.8, 4) is 17.2 Å². The van der Waals surface area contributed by atoms with Crippen molar-refractivity contribution in [1.82, 2.24) is 5.32 Å². The molecule has 5 nitrogen and oxygen atoms in total. The van der Waals surface area contributed by atoms with Crippen LogP contribution in [0.3, 0.4) is 0 Å². The second kappa shape index (κ2) is 10.3. The number of hydrogen-bond acceptors (Lipinski definition) is 5. The van der Waals surface area contributed by atoms with Crippen LogP contribution in [0.1, 0.15) is 42.9 Å². The number of Topliss-reactive ketones (excluding diaryl/α,β-unsaturated/α-hetero) is 1. The van der Waals surface area contributed by atoms with E-state index in [4.69, 9.17) is 14.2 Å². The number of rotatable bonds is 6. The number of hydrogen-bond donors (Lipinski definition) is 1. The first-order chi connectivity index (χ1) is 18.3. The Morgan fingerprint density at radius 2 is 1.32 bits per heavy atom. The number of nitrogens with one attached hydrogen (secondary N) is 1. The second-order valence-corrected chi connectivity index (χ2v) is 10.3. The third-order valence-electron chi connectivity index (χ3n) is 7.39. The van der Waals surface area contributed by atoms with Gasteiger partial charge in [-0.1, -0.05) is 38.1 Å². The van der Waals surface area contributed by atoms with Crippen LogP contribution in [0.4, 0.5) is 0 Å². The summed E-state index contributed by atoms with van der Waals surface area (Å²) in [6, 6.07) is 23.8. The van der Waals surface area contributed by atoms with Gasteiger partial charge in [-0.2, -0.15) is 0 Å². The van der Waals surface area contributed by atoms with E-state index >= 15 is 0 Å². The van der Waals surface area contributed by atoms with Gasteiger partial charge in [-0.15, -0.1) is 0 Å². The summed E-state index contributed by atoms with van der Waals surface area (Å²) in [7, 11) is 4.97. The van der Waals surface area contributed by atoms with E-state index in [1.165, 1.54) is 0 Å². The molecule has 38 heavy (non-hydrogen) atoms. The Balaban J connectivity index is 1.60. The summed E-state index contributed by atoms with van der Waals surface area (Å²) in [5, 5.41) is 3.63. The lowest BCUT2D eigenvalue weighted by Gasteiger charge is -2.40. The fraction of sp³-hybridized carbons (Fsp3) is 0.242. The zero-order valence-electron chi connectivity index (χ0n) is 22.5. The van der Waals surface area contributed by atoms with Crippen molar-refractivity contribution < 1.29 is 19.0 Å². The van der Waals surface area contributed by atoms with E-state index in [9.17, 15) is 4.79 Å². The van der Waals surface area contributed by atoms with E-state index in [0.29, 0.717) is 0 Å². The molecule has 3 aromatic carbocycles. The molecule has 0 saturated carbocycles. The lowest BCUT2D eigenvalue weighted by molar-refractivity contribution is -0.113. The minimum atomic E-state index is -0.352. The summed E-state index contributed by atoms with van der Waals surface area (Å²) in [5.41, 5.74) is 6.28. The Morgan fingerprint density at radius 1 is 0.789 bits per heavy atom. The normalized spacial score (nSPS) is 19.4. The maximum absolute atomic E-state index is 14.3. The first-order valence-electron chi connectivity index (χ1n) is 12.7. The van der Waals surface area contributed by atoms with Gasteiger partial charge in [0.15, 0.2) is 5.78 Å². The van der Waals surface area contributed by atoms with Gasteiger partial charge in [-0.3, -0.25) is 4.79 Å². The van der Waals surface area contributed by atoms with E-state index in [0.717, 1.165) is 62.9 Å². The van der Waals surface area contributed by atoms with Crippen LogP contribution in [0.25, 0.3) is 11.8 Å². The standard InChI is InChI=1S/C33H33NO4/c1-33(2)20-30-31(32(35)28(33)18-21-6-12-24(36-3)13-7-21)27(22-8-14-25(37-4)15-9-22)19-29(34-30)23-10-16-26(38-5)17-11-23/h6-19,27,34H,20H2,1-5H3/b28-18+. The molecule has 0 radical (unpaired) electrons. The highest BCUT2D eigenvalue weighted by Gasteiger charge is 2.42. The number of allylic oxidation sites excluding steroid dienone is 4. The largest absolute Gasteiger partial charge is 0.497 e. The maximum atomic E-state index is 14.3. The van der Waals surface area contributed by atoms with Crippen LogP contribution >= 0.6 is 0 Å². The SMILES string of the molecule is COc1ccc(/C=C2\C(=O)C3=C(CC2(C)C)NC(c2ccc(OC)cc2)=CC3c2ccc(OC)cc2)cc1. The maximum Gasteiger partial charge on any atom is 0.188 e. The molecule has 1 atom stereocenters. The van der Waals surface area contributed by atoms with Gasteiger partial charge in [0, 0.05) is 28.5 Å². The first-order valence-corrected chi connectivity index (χ1v) is 12.7. The number of carbonyl (C=O) groups is 1. The molecule has 1 unspecified atom stereocenters. The van der Waals surface area contributed by atoms with Gasteiger partial charge in [0.2, 0.25) is 0 Å². The molecule has 5 heteroatoms. The Morgan fingerprint density at radius 3 is 1.87 bits per heavy atom. The highest BCUT2D eigenvalue weighted by molar-refractivity contribution is 6.15. The van der Waals surface area contributed by atoms with Crippen molar-refractivity contribution in [3.63, 3.8) is 0 Å². The van der Waals surface area contributed by atoms with E-state index in [2.05, 4.69) is 25.2 Å². The minimum absolute atomic E-state index is 0.0745. The third-order valence-corrected chi connectivity index (χ3v) is 7.39. The number of ketones is 1. The van der Waals surface area contributed by atoms with E-state index in [1.54, 1.807) is 21.3 Å². The molecule has 1 aliphatic carbocycles. The number of ether oxygens (including phenoxy) is 3. The van der Waals surface area contributed by atoms with Crippen LogP contribution in [0.5, 0.6) is 17.2 Å². The van der Waals surface area contributed by atoms with Gasteiger partial charge in [0.1, 0.15) is 17.2 Å². The monoisotopic (exact) mass is 507 g/mol.